The van der Waals surface area contributed by atoms with Crippen LogP contribution >= 0.6 is 0 Å². The molecule has 0 heterocycles. The number of rotatable bonds is 0. The minimum Gasteiger partial charge on any atom is -0.0760 e. The fraction of sp³-hybridized carbons (Fsp3) is 0.167. The van der Waals surface area contributed by atoms with Crippen LogP contribution in [0.2, 0.25) is 0 Å². The highest BCUT2D eigenvalue weighted by Crippen LogP contribution is 2.20. The Balaban J connectivity index is 2.44. The monoisotopic (exact) mass is 233 g/mol. The molecule has 0 aliphatic heterocycles. The first-order valence-electron chi connectivity index (χ1n) is 6.39. The lowest BCUT2D eigenvalue weighted by atomic mass is 9.94. The van der Waals surface area contributed by atoms with Crippen LogP contribution in [0.4, 0.5) is 0 Å². The molecular weight excluding hydrogens is 216 g/mol. The average molecular weight is 233 g/mol. The number of allylic oxidation sites excluding steroid dienone is 6. The Bertz CT molecular complexity index is 722. The SMILES string of the molecule is CC1=C(C)c2cc3c(cc2=C(C)C=C1)[CH]C=CC=3. The molecule has 0 unspecified atom stereocenters. The van der Waals surface area contributed by atoms with Gasteiger partial charge < -0.3 is 0 Å². The summed E-state index contributed by atoms with van der Waals surface area (Å²) in [5, 5.41) is 2.68. The highest BCUT2D eigenvalue weighted by Gasteiger charge is 2.09. The summed E-state index contributed by atoms with van der Waals surface area (Å²) in [5.74, 6) is 0. The second-order valence-electron chi connectivity index (χ2n) is 5.07. The second kappa shape index (κ2) is 4.13. The van der Waals surface area contributed by atoms with Gasteiger partial charge in [0.1, 0.15) is 0 Å². The molecular formula is C18H17. The summed E-state index contributed by atoms with van der Waals surface area (Å²) in [4.78, 5) is 0. The van der Waals surface area contributed by atoms with Crippen LogP contribution < -0.4 is 10.4 Å². The average Bonchev–Trinajstić information content (AvgIpc) is 2.50. The molecule has 0 fully saturated rings. The van der Waals surface area contributed by atoms with Crippen LogP contribution in [0, 0.1) is 6.42 Å². The van der Waals surface area contributed by atoms with E-state index in [0.29, 0.717) is 0 Å². The zero-order valence-electron chi connectivity index (χ0n) is 11.1. The van der Waals surface area contributed by atoms with E-state index in [0.717, 1.165) is 0 Å². The highest BCUT2D eigenvalue weighted by atomic mass is 14.1. The largest absolute Gasteiger partial charge is 0.0760 e. The molecule has 0 aromatic heterocycles. The van der Waals surface area contributed by atoms with Gasteiger partial charge in [-0.05, 0) is 71.2 Å². The molecule has 0 N–H and O–H groups in total. The quantitative estimate of drug-likeness (QED) is 0.646. The molecule has 0 spiro atoms. The third-order valence-electron chi connectivity index (χ3n) is 3.89. The van der Waals surface area contributed by atoms with E-state index in [-0.39, 0.29) is 0 Å². The minimum atomic E-state index is 1.32. The summed E-state index contributed by atoms with van der Waals surface area (Å²) in [6, 6.07) is 4.63. The first kappa shape index (κ1) is 11.3. The Kier molecular flexibility index (Phi) is 2.59. The van der Waals surface area contributed by atoms with Crippen LogP contribution in [0.5, 0.6) is 0 Å². The van der Waals surface area contributed by atoms with Crippen molar-refractivity contribution in [2.24, 2.45) is 0 Å². The van der Waals surface area contributed by atoms with Crippen LogP contribution in [0.1, 0.15) is 31.9 Å². The van der Waals surface area contributed by atoms with Crippen LogP contribution in [0.3, 0.4) is 0 Å². The van der Waals surface area contributed by atoms with Crippen molar-refractivity contribution in [2.75, 3.05) is 0 Å². The van der Waals surface area contributed by atoms with Gasteiger partial charge in [0.25, 0.3) is 0 Å². The van der Waals surface area contributed by atoms with Crippen LogP contribution in [0.25, 0.3) is 17.2 Å². The van der Waals surface area contributed by atoms with E-state index in [4.69, 9.17) is 0 Å². The predicted molar refractivity (Wildman–Crippen MR) is 79.2 cm³/mol. The molecule has 0 nitrogen and oxygen atoms in total. The molecule has 2 aliphatic rings. The molecule has 0 saturated carbocycles. The smallest absolute Gasteiger partial charge is 0.0131 e. The van der Waals surface area contributed by atoms with Crippen LogP contribution in [-0.4, -0.2) is 0 Å². The summed E-state index contributed by atoms with van der Waals surface area (Å²) >= 11 is 0. The maximum Gasteiger partial charge on any atom is 0.0131 e. The third-order valence-corrected chi connectivity index (χ3v) is 3.89. The van der Waals surface area contributed by atoms with E-state index in [1.54, 1.807) is 0 Å². The van der Waals surface area contributed by atoms with E-state index in [1.165, 1.54) is 38.3 Å². The fourth-order valence-corrected chi connectivity index (χ4v) is 2.55. The Hall–Kier alpha value is -1.82. The van der Waals surface area contributed by atoms with Crippen LogP contribution in [-0.2, 0) is 0 Å². The van der Waals surface area contributed by atoms with Gasteiger partial charge in [-0.2, -0.15) is 0 Å². The Labute approximate surface area is 108 Å². The van der Waals surface area contributed by atoms with Gasteiger partial charge in [0, 0.05) is 6.42 Å². The standard InChI is InChI=1S/C18H17/c1-12-8-9-13(2)17-10-15-6-4-5-7-16(15)11-18(17)14(12)3/h4-11H,1-3H3. The van der Waals surface area contributed by atoms with Crippen molar-refractivity contribution in [1.82, 2.24) is 0 Å². The summed E-state index contributed by atoms with van der Waals surface area (Å²) in [6.07, 6.45) is 13.0. The van der Waals surface area contributed by atoms with Crippen molar-refractivity contribution in [2.45, 2.75) is 20.8 Å². The number of benzene rings is 1. The first-order valence-corrected chi connectivity index (χ1v) is 6.39. The summed E-state index contributed by atoms with van der Waals surface area (Å²) < 4.78 is 0. The summed E-state index contributed by atoms with van der Waals surface area (Å²) in [5.41, 5.74) is 6.75. The van der Waals surface area contributed by atoms with Crippen molar-refractivity contribution >= 4 is 17.2 Å². The molecule has 1 aromatic carbocycles. The molecule has 0 heteroatoms. The molecule has 18 heavy (non-hydrogen) atoms. The van der Waals surface area contributed by atoms with Gasteiger partial charge in [-0.25, -0.2) is 0 Å². The topological polar surface area (TPSA) is 0 Å². The van der Waals surface area contributed by atoms with E-state index in [1.807, 2.05) is 0 Å². The van der Waals surface area contributed by atoms with E-state index in [9.17, 15) is 0 Å². The normalized spacial score (nSPS) is 17.2. The lowest BCUT2D eigenvalue weighted by Gasteiger charge is -2.10. The van der Waals surface area contributed by atoms with Gasteiger partial charge in [0.2, 0.25) is 0 Å². The van der Waals surface area contributed by atoms with Crippen molar-refractivity contribution < 1.29 is 0 Å². The number of hydrogen-bond donors (Lipinski definition) is 0. The van der Waals surface area contributed by atoms with E-state index in [2.05, 4.69) is 69.7 Å². The van der Waals surface area contributed by atoms with Crippen molar-refractivity contribution in [1.29, 1.82) is 0 Å². The molecule has 3 rings (SSSR count). The van der Waals surface area contributed by atoms with Crippen LogP contribution in [0.15, 0.2) is 42.0 Å². The summed E-state index contributed by atoms with van der Waals surface area (Å²) in [7, 11) is 0. The van der Waals surface area contributed by atoms with Gasteiger partial charge in [0.05, 0.1) is 0 Å². The molecule has 1 aromatic rings. The van der Waals surface area contributed by atoms with Gasteiger partial charge >= 0.3 is 0 Å². The Morgan fingerprint density at radius 3 is 2.44 bits per heavy atom. The molecule has 0 saturated heterocycles. The lowest BCUT2D eigenvalue weighted by Crippen LogP contribution is -2.20. The predicted octanol–water partition coefficient (Wildman–Crippen LogP) is 3.12. The van der Waals surface area contributed by atoms with Gasteiger partial charge in [-0.3, -0.25) is 0 Å². The van der Waals surface area contributed by atoms with Gasteiger partial charge in [-0.15, -0.1) is 0 Å². The zero-order chi connectivity index (χ0) is 12.7. The molecule has 2 aliphatic carbocycles. The molecule has 89 valence electrons. The fourth-order valence-electron chi connectivity index (χ4n) is 2.55. The second-order valence-corrected chi connectivity index (χ2v) is 5.07. The van der Waals surface area contributed by atoms with Gasteiger partial charge in [0.15, 0.2) is 0 Å². The van der Waals surface area contributed by atoms with Crippen molar-refractivity contribution in [3.63, 3.8) is 0 Å². The molecule has 0 atom stereocenters. The number of hydrogen-bond acceptors (Lipinski definition) is 0. The number of fused-ring (bicyclic) bond motifs is 2. The maximum atomic E-state index is 2.32. The minimum absolute atomic E-state index is 1.32. The Morgan fingerprint density at radius 2 is 1.61 bits per heavy atom. The third kappa shape index (κ3) is 1.69. The highest BCUT2D eigenvalue weighted by molar-refractivity contribution is 5.76. The van der Waals surface area contributed by atoms with Crippen molar-refractivity contribution in [3.8, 4) is 0 Å². The van der Waals surface area contributed by atoms with E-state index >= 15 is 0 Å². The molecule has 0 bridgehead atoms. The van der Waals surface area contributed by atoms with E-state index < -0.39 is 0 Å². The molecule has 0 amide bonds. The Morgan fingerprint density at radius 1 is 0.833 bits per heavy atom. The first-order chi connectivity index (χ1) is 8.66. The summed E-state index contributed by atoms with van der Waals surface area (Å²) in [6.45, 7) is 6.59. The zero-order valence-corrected chi connectivity index (χ0v) is 11.1. The van der Waals surface area contributed by atoms with Gasteiger partial charge in [-0.1, -0.05) is 30.4 Å². The lowest BCUT2D eigenvalue weighted by molar-refractivity contribution is 1.35. The maximum absolute atomic E-state index is 2.32. The molecule has 1 radical (unpaired) electrons. The van der Waals surface area contributed by atoms with Crippen molar-refractivity contribution in [3.05, 3.63) is 70.0 Å².